The Morgan fingerprint density at radius 1 is 1.07 bits per heavy atom. The Morgan fingerprint density at radius 2 is 1.67 bits per heavy atom. The highest BCUT2D eigenvalue weighted by molar-refractivity contribution is 5.79. The van der Waals surface area contributed by atoms with Gasteiger partial charge in [-0.2, -0.15) is 0 Å². The van der Waals surface area contributed by atoms with E-state index in [4.69, 9.17) is 0 Å². The first-order chi connectivity index (χ1) is 12.9. The summed E-state index contributed by atoms with van der Waals surface area (Å²) in [6, 6.07) is 0. The second-order valence-corrected chi connectivity index (χ2v) is 9.84. The molecule has 1 saturated carbocycles. The topological polar surface area (TPSA) is 49.3 Å². The lowest BCUT2D eigenvalue weighted by molar-refractivity contribution is -0.154. The van der Waals surface area contributed by atoms with E-state index in [-0.39, 0.29) is 5.92 Å². The van der Waals surface area contributed by atoms with Gasteiger partial charge in [0.15, 0.2) is 0 Å². The SMILES string of the molecule is CC(C)C(=O)N1CC2(CC(c3cnc(N4CCC(C(C)C)CC4)nc3)C2)C1. The van der Waals surface area contributed by atoms with Crippen molar-refractivity contribution >= 4 is 11.9 Å². The lowest BCUT2D eigenvalue weighted by Crippen LogP contribution is -2.63. The van der Waals surface area contributed by atoms with Gasteiger partial charge in [0.05, 0.1) is 0 Å². The van der Waals surface area contributed by atoms with Gasteiger partial charge in [-0.1, -0.05) is 27.7 Å². The van der Waals surface area contributed by atoms with Gasteiger partial charge in [0, 0.05) is 49.9 Å². The van der Waals surface area contributed by atoms with Gasteiger partial charge >= 0.3 is 0 Å². The summed E-state index contributed by atoms with van der Waals surface area (Å²) >= 11 is 0. The van der Waals surface area contributed by atoms with Crippen LogP contribution in [0.25, 0.3) is 0 Å². The Labute approximate surface area is 163 Å². The number of rotatable bonds is 4. The summed E-state index contributed by atoms with van der Waals surface area (Å²) in [6.45, 7) is 12.7. The maximum absolute atomic E-state index is 12.1. The second kappa shape index (κ2) is 7.06. The molecule has 1 spiro atoms. The summed E-state index contributed by atoms with van der Waals surface area (Å²) in [6.07, 6.45) is 8.95. The third kappa shape index (κ3) is 3.57. The molecule has 3 heterocycles. The molecule has 0 aromatic carbocycles. The zero-order chi connectivity index (χ0) is 19.2. The van der Waals surface area contributed by atoms with E-state index in [2.05, 4.69) is 28.7 Å². The van der Waals surface area contributed by atoms with E-state index in [1.165, 1.54) is 31.2 Å². The van der Waals surface area contributed by atoms with Crippen LogP contribution in [0.3, 0.4) is 0 Å². The summed E-state index contributed by atoms with van der Waals surface area (Å²) in [5, 5.41) is 0. The smallest absolute Gasteiger partial charge is 0.225 e. The number of carbonyl (C=O) groups is 1. The molecule has 5 heteroatoms. The fraction of sp³-hybridized carbons (Fsp3) is 0.773. The van der Waals surface area contributed by atoms with Crippen LogP contribution in [0.1, 0.15) is 64.9 Å². The largest absolute Gasteiger partial charge is 0.341 e. The number of hydrogen-bond donors (Lipinski definition) is 0. The predicted octanol–water partition coefficient (Wildman–Crippen LogP) is 3.71. The van der Waals surface area contributed by atoms with Crippen molar-refractivity contribution in [2.75, 3.05) is 31.1 Å². The van der Waals surface area contributed by atoms with Crippen LogP contribution < -0.4 is 4.90 Å². The molecular weight excluding hydrogens is 336 g/mol. The number of anilines is 1. The van der Waals surface area contributed by atoms with E-state index in [0.29, 0.717) is 17.2 Å². The van der Waals surface area contributed by atoms with Crippen molar-refractivity contribution < 1.29 is 4.79 Å². The molecule has 1 aliphatic carbocycles. The normalized spacial score (nSPS) is 23.0. The maximum Gasteiger partial charge on any atom is 0.225 e. The quantitative estimate of drug-likeness (QED) is 0.811. The maximum atomic E-state index is 12.1. The van der Waals surface area contributed by atoms with Gasteiger partial charge in [-0.3, -0.25) is 4.79 Å². The Hall–Kier alpha value is -1.65. The molecule has 1 amide bonds. The molecule has 3 fully saturated rings. The van der Waals surface area contributed by atoms with E-state index in [1.54, 1.807) is 0 Å². The van der Waals surface area contributed by atoms with Crippen molar-refractivity contribution in [3.63, 3.8) is 0 Å². The Kier molecular flexibility index (Phi) is 4.89. The minimum atomic E-state index is 0.116. The van der Waals surface area contributed by atoms with Gasteiger partial charge in [-0.05, 0) is 49.0 Å². The number of aromatic nitrogens is 2. The minimum Gasteiger partial charge on any atom is -0.341 e. The molecule has 4 rings (SSSR count). The third-order valence-corrected chi connectivity index (χ3v) is 7.11. The molecule has 0 unspecified atom stereocenters. The summed E-state index contributed by atoms with van der Waals surface area (Å²) < 4.78 is 0. The van der Waals surface area contributed by atoms with Crippen LogP contribution in [-0.4, -0.2) is 47.0 Å². The van der Waals surface area contributed by atoms with Crippen molar-refractivity contribution in [1.82, 2.24) is 14.9 Å². The molecule has 2 saturated heterocycles. The fourth-order valence-corrected chi connectivity index (χ4v) is 5.24. The van der Waals surface area contributed by atoms with Gasteiger partial charge in [0.25, 0.3) is 0 Å². The molecule has 5 nitrogen and oxygen atoms in total. The van der Waals surface area contributed by atoms with Crippen molar-refractivity contribution in [2.45, 2.75) is 59.3 Å². The summed E-state index contributed by atoms with van der Waals surface area (Å²) in [5.74, 6) is 3.51. The van der Waals surface area contributed by atoms with E-state index in [1.807, 2.05) is 31.1 Å². The summed E-state index contributed by atoms with van der Waals surface area (Å²) in [7, 11) is 0. The highest BCUT2D eigenvalue weighted by Crippen LogP contribution is 2.56. The highest BCUT2D eigenvalue weighted by atomic mass is 16.2. The molecule has 3 aliphatic rings. The average molecular weight is 371 g/mol. The van der Waals surface area contributed by atoms with Crippen LogP contribution in [0.4, 0.5) is 5.95 Å². The van der Waals surface area contributed by atoms with Crippen LogP contribution in [0.2, 0.25) is 0 Å². The molecule has 0 atom stereocenters. The average Bonchev–Trinajstić information content (AvgIpc) is 2.59. The predicted molar refractivity (Wildman–Crippen MR) is 108 cm³/mol. The van der Waals surface area contributed by atoms with Gasteiger partial charge in [-0.25, -0.2) is 9.97 Å². The lowest BCUT2D eigenvalue weighted by atomic mass is 9.56. The van der Waals surface area contributed by atoms with E-state index in [9.17, 15) is 4.79 Å². The molecular formula is C22H34N4O. The summed E-state index contributed by atoms with van der Waals surface area (Å²) in [4.78, 5) is 25.8. The van der Waals surface area contributed by atoms with Crippen molar-refractivity contribution in [3.8, 4) is 0 Å². The number of hydrogen-bond acceptors (Lipinski definition) is 4. The second-order valence-electron chi connectivity index (χ2n) is 9.84. The highest BCUT2D eigenvalue weighted by Gasteiger charge is 2.54. The van der Waals surface area contributed by atoms with E-state index < -0.39 is 0 Å². The monoisotopic (exact) mass is 370 g/mol. The first-order valence-electron chi connectivity index (χ1n) is 10.7. The number of carbonyl (C=O) groups excluding carboxylic acids is 1. The first-order valence-corrected chi connectivity index (χ1v) is 10.7. The zero-order valence-electron chi connectivity index (χ0n) is 17.3. The van der Waals surface area contributed by atoms with Crippen LogP contribution in [0.15, 0.2) is 12.4 Å². The van der Waals surface area contributed by atoms with Gasteiger partial charge in [0.2, 0.25) is 11.9 Å². The summed E-state index contributed by atoms with van der Waals surface area (Å²) in [5.41, 5.74) is 1.65. The number of amides is 1. The standard InChI is InChI=1S/C22H34N4O/c1-15(2)17-5-7-25(8-6-17)21-23-11-19(12-24-21)18-9-22(10-18)13-26(14-22)20(27)16(3)4/h11-12,15-18H,5-10,13-14H2,1-4H3. The number of likely N-dealkylation sites (tertiary alicyclic amines) is 1. The van der Waals surface area contributed by atoms with E-state index in [0.717, 1.165) is 44.0 Å². The minimum absolute atomic E-state index is 0.116. The molecule has 148 valence electrons. The Morgan fingerprint density at radius 3 is 2.19 bits per heavy atom. The fourth-order valence-electron chi connectivity index (χ4n) is 5.24. The van der Waals surface area contributed by atoms with Crippen molar-refractivity contribution in [3.05, 3.63) is 18.0 Å². The van der Waals surface area contributed by atoms with Gasteiger partial charge in [0.1, 0.15) is 0 Å². The van der Waals surface area contributed by atoms with Crippen molar-refractivity contribution in [2.24, 2.45) is 23.2 Å². The van der Waals surface area contributed by atoms with Gasteiger partial charge in [-0.15, -0.1) is 0 Å². The van der Waals surface area contributed by atoms with Crippen molar-refractivity contribution in [1.29, 1.82) is 0 Å². The molecule has 27 heavy (non-hydrogen) atoms. The number of nitrogens with zero attached hydrogens (tertiary/aromatic N) is 4. The molecule has 1 aromatic heterocycles. The molecule has 0 radical (unpaired) electrons. The van der Waals surface area contributed by atoms with Crippen LogP contribution in [0.5, 0.6) is 0 Å². The van der Waals surface area contributed by atoms with Crippen LogP contribution in [0, 0.1) is 23.2 Å². The van der Waals surface area contributed by atoms with Crippen LogP contribution >= 0.6 is 0 Å². The number of piperidine rings is 1. The zero-order valence-corrected chi connectivity index (χ0v) is 17.3. The molecule has 2 aliphatic heterocycles. The van der Waals surface area contributed by atoms with E-state index >= 15 is 0 Å². The molecule has 1 aromatic rings. The third-order valence-electron chi connectivity index (χ3n) is 7.11. The Balaban J connectivity index is 1.27. The first kappa shape index (κ1) is 18.7. The molecule has 0 N–H and O–H groups in total. The lowest BCUT2D eigenvalue weighted by Gasteiger charge is -2.59. The Bertz CT molecular complexity index is 662. The van der Waals surface area contributed by atoms with Gasteiger partial charge < -0.3 is 9.80 Å². The molecule has 0 bridgehead atoms. The van der Waals surface area contributed by atoms with Crippen LogP contribution in [-0.2, 0) is 4.79 Å².